The zero-order valence-corrected chi connectivity index (χ0v) is 15.2. The first kappa shape index (κ1) is 18.8. The van der Waals surface area contributed by atoms with E-state index in [9.17, 15) is 19.5 Å². The van der Waals surface area contributed by atoms with Gasteiger partial charge in [-0.15, -0.1) is 0 Å². The number of carbonyl (C=O) groups is 2. The summed E-state index contributed by atoms with van der Waals surface area (Å²) in [5.41, 5.74) is 0.0360. The van der Waals surface area contributed by atoms with E-state index < -0.39 is 35.3 Å². The number of aliphatic carboxylic acids is 1. The van der Waals surface area contributed by atoms with E-state index in [0.717, 1.165) is 31.6 Å². The van der Waals surface area contributed by atoms with Gasteiger partial charge in [0.25, 0.3) is 11.5 Å². The number of likely N-dealkylation sites (tertiary alicyclic amines) is 1. The summed E-state index contributed by atoms with van der Waals surface area (Å²) in [7, 11) is 3.54. The molecule has 1 fully saturated rings. The molecule has 0 bridgehead atoms. The lowest BCUT2D eigenvalue weighted by Crippen LogP contribution is -2.35. The molecular formula is C18H22N4O5. The zero-order valence-electron chi connectivity index (χ0n) is 15.2. The standard InChI is InChI=1S/C18H22N4O5/c1-21-5-3-10(4-6-21)12-7-11-13(8-19-12)22(2)18(27)15(16(11)25)17(26)20-9-14(23)24/h7-8,10,25H,3-6,9H2,1-2H3,(H,20,26)(H,23,24). The molecule has 0 spiro atoms. The van der Waals surface area contributed by atoms with E-state index in [1.807, 2.05) is 0 Å². The largest absolute Gasteiger partial charge is 0.506 e. The third-order valence-electron chi connectivity index (χ3n) is 5.04. The number of piperidine rings is 1. The Morgan fingerprint density at radius 3 is 2.59 bits per heavy atom. The Morgan fingerprint density at radius 2 is 1.96 bits per heavy atom. The third-order valence-corrected chi connectivity index (χ3v) is 5.04. The first-order valence-corrected chi connectivity index (χ1v) is 8.69. The van der Waals surface area contributed by atoms with Gasteiger partial charge >= 0.3 is 5.97 Å². The number of pyridine rings is 2. The monoisotopic (exact) mass is 374 g/mol. The van der Waals surface area contributed by atoms with Crippen LogP contribution in [0.1, 0.15) is 34.8 Å². The normalized spacial score (nSPS) is 15.8. The predicted molar refractivity (Wildman–Crippen MR) is 98.1 cm³/mol. The summed E-state index contributed by atoms with van der Waals surface area (Å²) in [6, 6.07) is 1.72. The highest BCUT2D eigenvalue weighted by Gasteiger charge is 2.24. The number of carbonyl (C=O) groups excluding carboxylic acids is 1. The van der Waals surface area contributed by atoms with Crippen LogP contribution in [0.25, 0.3) is 10.9 Å². The number of carboxylic acid groups (broad SMARTS) is 1. The summed E-state index contributed by atoms with van der Waals surface area (Å²) in [5, 5.41) is 21.8. The Hall–Kier alpha value is -2.94. The predicted octanol–water partition coefficient (Wildman–Crippen LogP) is 0.263. The fourth-order valence-electron chi connectivity index (χ4n) is 3.41. The Labute approximate surface area is 155 Å². The molecule has 0 saturated carbocycles. The van der Waals surface area contributed by atoms with Crippen molar-refractivity contribution in [1.82, 2.24) is 19.8 Å². The Kier molecular flexibility index (Phi) is 5.13. The van der Waals surface area contributed by atoms with Crippen molar-refractivity contribution in [3.05, 3.63) is 33.9 Å². The minimum atomic E-state index is -1.24. The Bertz CT molecular complexity index is 960. The number of aromatic hydroxyl groups is 1. The fraction of sp³-hybridized carbons (Fsp3) is 0.444. The van der Waals surface area contributed by atoms with E-state index >= 15 is 0 Å². The first-order valence-electron chi connectivity index (χ1n) is 8.69. The molecule has 1 amide bonds. The Balaban J connectivity index is 2.06. The van der Waals surface area contributed by atoms with Gasteiger partial charge in [-0.25, -0.2) is 0 Å². The third kappa shape index (κ3) is 3.63. The fourth-order valence-corrected chi connectivity index (χ4v) is 3.41. The number of amides is 1. The SMILES string of the molecule is CN1CCC(c2cc3c(O)c(C(=O)NCC(=O)O)c(=O)n(C)c3cn2)CC1. The lowest BCUT2D eigenvalue weighted by molar-refractivity contribution is -0.135. The molecule has 27 heavy (non-hydrogen) atoms. The molecule has 9 nitrogen and oxygen atoms in total. The van der Waals surface area contributed by atoms with Crippen LogP contribution >= 0.6 is 0 Å². The average molecular weight is 374 g/mol. The number of carboxylic acids is 1. The van der Waals surface area contributed by atoms with Crippen LogP contribution in [-0.2, 0) is 11.8 Å². The van der Waals surface area contributed by atoms with E-state index in [2.05, 4.69) is 22.2 Å². The highest BCUT2D eigenvalue weighted by Crippen LogP contribution is 2.31. The number of hydrogen-bond acceptors (Lipinski definition) is 6. The molecule has 9 heteroatoms. The molecule has 1 aliphatic heterocycles. The molecule has 2 aromatic heterocycles. The second kappa shape index (κ2) is 7.36. The number of aryl methyl sites for hydroxylation is 1. The van der Waals surface area contributed by atoms with Gasteiger partial charge in [-0.3, -0.25) is 19.4 Å². The highest BCUT2D eigenvalue weighted by molar-refractivity contribution is 6.03. The van der Waals surface area contributed by atoms with Crippen molar-refractivity contribution >= 4 is 22.8 Å². The second-order valence-corrected chi connectivity index (χ2v) is 6.87. The number of aromatic nitrogens is 2. The van der Waals surface area contributed by atoms with Gasteiger partial charge in [0, 0.05) is 24.0 Å². The van der Waals surface area contributed by atoms with Crippen LogP contribution in [0.3, 0.4) is 0 Å². The van der Waals surface area contributed by atoms with Crippen LogP contribution in [0.4, 0.5) is 0 Å². The maximum atomic E-state index is 12.5. The molecule has 0 radical (unpaired) electrons. The van der Waals surface area contributed by atoms with Gasteiger partial charge in [0.1, 0.15) is 17.9 Å². The smallest absolute Gasteiger partial charge is 0.322 e. The lowest BCUT2D eigenvalue weighted by Gasteiger charge is -2.28. The summed E-state index contributed by atoms with van der Waals surface area (Å²) in [5.74, 6) is -2.37. The number of fused-ring (bicyclic) bond motifs is 1. The van der Waals surface area contributed by atoms with E-state index in [1.165, 1.54) is 17.8 Å². The molecule has 3 N–H and O–H groups in total. The van der Waals surface area contributed by atoms with Crippen molar-refractivity contribution in [1.29, 1.82) is 0 Å². The quantitative estimate of drug-likeness (QED) is 0.701. The summed E-state index contributed by atoms with van der Waals surface area (Å²) in [6.45, 7) is 1.26. The topological polar surface area (TPSA) is 125 Å². The van der Waals surface area contributed by atoms with Gasteiger partial charge in [0.2, 0.25) is 0 Å². The minimum absolute atomic E-state index is 0.242. The molecule has 2 aromatic rings. The molecule has 0 aliphatic carbocycles. The molecular weight excluding hydrogens is 352 g/mol. The first-order chi connectivity index (χ1) is 12.8. The van der Waals surface area contributed by atoms with Crippen LogP contribution in [-0.4, -0.2) is 63.2 Å². The van der Waals surface area contributed by atoms with Crippen molar-refractivity contribution in [2.75, 3.05) is 26.7 Å². The summed E-state index contributed by atoms with van der Waals surface area (Å²) in [4.78, 5) is 42.1. The van der Waals surface area contributed by atoms with Crippen molar-refractivity contribution < 1.29 is 19.8 Å². The average Bonchev–Trinajstić information content (AvgIpc) is 2.65. The van der Waals surface area contributed by atoms with E-state index in [-0.39, 0.29) is 5.92 Å². The molecule has 1 saturated heterocycles. The van der Waals surface area contributed by atoms with Crippen molar-refractivity contribution in [3.63, 3.8) is 0 Å². The van der Waals surface area contributed by atoms with E-state index in [0.29, 0.717) is 10.9 Å². The van der Waals surface area contributed by atoms with Crippen LogP contribution in [0.5, 0.6) is 5.75 Å². The minimum Gasteiger partial charge on any atom is -0.506 e. The van der Waals surface area contributed by atoms with Gasteiger partial charge in [-0.2, -0.15) is 0 Å². The van der Waals surface area contributed by atoms with Crippen molar-refractivity contribution in [2.45, 2.75) is 18.8 Å². The summed E-state index contributed by atoms with van der Waals surface area (Å²) < 4.78 is 1.23. The van der Waals surface area contributed by atoms with Gasteiger partial charge in [-0.1, -0.05) is 0 Å². The van der Waals surface area contributed by atoms with Gasteiger partial charge in [0.15, 0.2) is 0 Å². The van der Waals surface area contributed by atoms with Crippen molar-refractivity contribution in [2.24, 2.45) is 7.05 Å². The van der Waals surface area contributed by atoms with E-state index in [4.69, 9.17) is 5.11 Å². The van der Waals surface area contributed by atoms with Gasteiger partial charge < -0.3 is 25.0 Å². The number of hydrogen-bond donors (Lipinski definition) is 3. The maximum Gasteiger partial charge on any atom is 0.322 e. The van der Waals surface area contributed by atoms with Crippen LogP contribution < -0.4 is 10.9 Å². The van der Waals surface area contributed by atoms with Crippen LogP contribution in [0.15, 0.2) is 17.1 Å². The highest BCUT2D eigenvalue weighted by atomic mass is 16.4. The van der Waals surface area contributed by atoms with Gasteiger partial charge in [0.05, 0.1) is 11.7 Å². The Morgan fingerprint density at radius 1 is 1.30 bits per heavy atom. The molecule has 144 valence electrons. The summed E-state index contributed by atoms with van der Waals surface area (Å²) in [6.07, 6.45) is 3.41. The second-order valence-electron chi connectivity index (χ2n) is 6.87. The molecule has 0 unspecified atom stereocenters. The number of nitrogens with one attached hydrogen (secondary N) is 1. The molecule has 0 aromatic carbocycles. The molecule has 3 rings (SSSR count). The van der Waals surface area contributed by atoms with Gasteiger partial charge in [-0.05, 0) is 39.0 Å². The van der Waals surface area contributed by atoms with E-state index in [1.54, 1.807) is 6.07 Å². The van der Waals surface area contributed by atoms with Crippen LogP contribution in [0.2, 0.25) is 0 Å². The number of nitrogens with zero attached hydrogens (tertiary/aromatic N) is 3. The van der Waals surface area contributed by atoms with Crippen molar-refractivity contribution in [3.8, 4) is 5.75 Å². The maximum absolute atomic E-state index is 12.5. The number of rotatable bonds is 4. The zero-order chi connectivity index (χ0) is 19.7. The van der Waals surface area contributed by atoms with Crippen LogP contribution in [0, 0.1) is 0 Å². The lowest BCUT2D eigenvalue weighted by atomic mass is 9.92. The molecule has 3 heterocycles. The molecule has 0 atom stereocenters. The molecule has 1 aliphatic rings. The summed E-state index contributed by atoms with van der Waals surface area (Å²) >= 11 is 0.